The molecule has 196 valence electrons. The number of amides is 1. The third-order valence-electron chi connectivity index (χ3n) is 6.82. The second-order valence-electron chi connectivity index (χ2n) is 9.30. The van der Waals surface area contributed by atoms with E-state index >= 15 is 0 Å². The number of rotatable bonds is 6. The first-order valence-electron chi connectivity index (χ1n) is 12.1. The van der Waals surface area contributed by atoms with Gasteiger partial charge in [0, 0.05) is 50.9 Å². The van der Waals surface area contributed by atoms with Crippen molar-refractivity contribution in [3.63, 3.8) is 0 Å². The average molecular weight is 516 g/mol. The van der Waals surface area contributed by atoms with Crippen molar-refractivity contribution in [3.8, 4) is 0 Å². The highest BCUT2D eigenvalue weighted by Crippen LogP contribution is 2.31. The number of ether oxygens (including phenoxy) is 1. The molecule has 1 aromatic carbocycles. The summed E-state index contributed by atoms with van der Waals surface area (Å²) >= 11 is 0. The van der Waals surface area contributed by atoms with E-state index in [0.717, 1.165) is 60.9 Å². The van der Waals surface area contributed by atoms with Gasteiger partial charge in [-0.05, 0) is 43.5 Å². The van der Waals surface area contributed by atoms with E-state index in [2.05, 4.69) is 26.8 Å². The van der Waals surface area contributed by atoms with Gasteiger partial charge in [0.2, 0.25) is 11.9 Å². The number of imidazole rings is 1. The molecule has 0 radical (unpaired) electrons. The Balaban J connectivity index is 1.35. The first-order chi connectivity index (χ1) is 17.7. The molecule has 0 bridgehead atoms. The van der Waals surface area contributed by atoms with Gasteiger partial charge < -0.3 is 24.4 Å². The van der Waals surface area contributed by atoms with Crippen LogP contribution in [0, 0.1) is 0 Å². The fourth-order valence-electron chi connectivity index (χ4n) is 4.96. The highest BCUT2D eigenvalue weighted by Gasteiger charge is 2.32. The van der Waals surface area contributed by atoms with Crippen molar-refractivity contribution in [2.24, 2.45) is 7.05 Å². The van der Waals surface area contributed by atoms with E-state index in [1.54, 1.807) is 4.90 Å². The van der Waals surface area contributed by atoms with E-state index in [4.69, 9.17) is 9.72 Å². The summed E-state index contributed by atoms with van der Waals surface area (Å²) < 4.78 is 45.9. The number of nitrogens with zero attached hydrogens (tertiary/aromatic N) is 6. The lowest BCUT2D eigenvalue weighted by atomic mass is 10.1. The first-order valence-corrected chi connectivity index (χ1v) is 12.1. The maximum absolute atomic E-state index is 12.8. The van der Waals surface area contributed by atoms with Crippen LogP contribution < -0.4 is 15.1 Å². The van der Waals surface area contributed by atoms with Gasteiger partial charge in [0.05, 0.1) is 29.2 Å². The highest BCUT2D eigenvalue weighted by molar-refractivity contribution is 6.02. The molecule has 12 heteroatoms. The maximum Gasteiger partial charge on any atom is 0.419 e. The molecule has 2 aliphatic rings. The van der Waals surface area contributed by atoms with Crippen molar-refractivity contribution in [2.75, 3.05) is 41.4 Å². The van der Waals surface area contributed by atoms with Crippen LogP contribution in [0.2, 0.25) is 0 Å². The summed E-state index contributed by atoms with van der Waals surface area (Å²) in [6.45, 7) is 6.13. The molecule has 2 atom stereocenters. The van der Waals surface area contributed by atoms with Crippen LogP contribution in [0.5, 0.6) is 0 Å². The summed E-state index contributed by atoms with van der Waals surface area (Å²) in [5.41, 5.74) is 1.55. The normalized spacial score (nSPS) is 20.3. The minimum atomic E-state index is -4.47. The van der Waals surface area contributed by atoms with Crippen molar-refractivity contribution in [1.29, 1.82) is 0 Å². The quantitative estimate of drug-likeness (QED) is 0.500. The van der Waals surface area contributed by atoms with Gasteiger partial charge >= 0.3 is 6.18 Å². The van der Waals surface area contributed by atoms with Gasteiger partial charge in [-0.25, -0.2) is 15.0 Å². The van der Waals surface area contributed by atoms with Gasteiger partial charge in [-0.1, -0.05) is 6.58 Å². The van der Waals surface area contributed by atoms with Crippen molar-refractivity contribution < 1.29 is 22.7 Å². The van der Waals surface area contributed by atoms with E-state index < -0.39 is 11.7 Å². The average Bonchev–Trinajstić information content (AvgIpc) is 3.52. The van der Waals surface area contributed by atoms with Crippen LogP contribution in [0.25, 0.3) is 11.0 Å². The molecule has 2 aliphatic heterocycles. The monoisotopic (exact) mass is 515 g/mol. The zero-order valence-corrected chi connectivity index (χ0v) is 20.4. The molecule has 0 aliphatic carbocycles. The number of benzene rings is 1. The second kappa shape index (κ2) is 10.0. The summed E-state index contributed by atoms with van der Waals surface area (Å²) in [6, 6.07) is 5.68. The Kier molecular flexibility index (Phi) is 6.76. The molecule has 1 amide bonds. The molecule has 5 rings (SSSR count). The number of nitrogens with one attached hydrogen (secondary N) is 1. The number of aromatic nitrogens is 4. The van der Waals surface area contributed by atoms with Crippen molar-refractivity contribution in [2.45, 2.75) is 37.5 Å². The molecule has 2 fully saturated rings. The van der Waals surface area contributed by atoms with E-state index in [-0.39, 0.29) is 23.9 Å². The summed E-state index contributed by atoms with van der Waals surface area (Å²) in [5.74, 6) is 0.761. The van der Waals surface area contributed by atoms with Crippen LogP contribution in [0.3, 0.4) is 0 Å². The van der Waals surface area contributed by atoms with Crippen molar-refractivity contribution >= 4 is 34.5 Å². The number of carbonyl (C=O) groups is 1. The third kappa shape index (κ3) is 5.10. The van der Waals surface area contributed by atoms with Gasteiger partial charge in [-0.15, -0.1) is 0 Å². The molecule has 2 saturated heterocycles. The topological polar surface area (TPSA) is 88.4 Å². The van der Waals surface area contributed by atoms with Crippen molar-refractivity contribution in [1.82, 2.24) is 19.5 Å². The molecule has 2 aromatic heterocycles. The predicted molar refractivity (Wildman–Crippen MR) is 134 cm³/mol. The molecule has 37 heavy (non-hydrogen) atoms. The summed E-state index contributed by atoms with van der Waals surface area (Å²) in [4.78, 5) is 29.1. The number of alkyl halides is 3. The molecule has 1 N–H and O–H groups in total. The molecule has 1 unspecified atom stereocenters. The Labute approximate surface area is 211 Å². The van der Waals surface area contributed by atoms with Gasteiger partial charge in [-0.3, -0.25) is 4.79 Å². The predicted octanol–water partition coefficient (Wildman–Crippen LogP) is 3.77. The number of hydrogen-bond donors (Lipinski definition) is 1. The number of piperidine rings is 1. The Morgan fingerprint density at radius 2 is 2.05 bits per heavy atom. The Hall–Kier alpha value is -3.67. The molecular formula is C25H28F3N7O2. The number of halogens is 3. The largest absolute Gasteiger partial charge is 0.419 e. The van der Waals surface area contributed by atoms with E-state index in [0.29, 0.717) is 19.8 Å². The van der Waals surface area contributed by atoms with Gasteiger partial charge in [-0.2, -0.15) is 13.2 Å². The lowest BCUT2D eigenvalue weighted by molar-refractivity contribution is -0.138. The number of fused-ring (bicyclic) bond motifs is 1. The highest BCUT2D eigenvalue weighted by atomic mass is 19.4. The van der Waals surface area contributed by atoms with E-state index in [1.165, 1.54) is 6.08 Å². The standard InChI is InChI=1S/C25H28F3N7O2/c1-3-22(36)35(19-8-10-37-15-19)18-6-7-21-20(11-18)32-24(33(21)2)34-9-4-5-17(14-34)31-23-29-12-16(13-30-23)25(26,27)28/h3,6-7,11-13,17,19H,1,4-5,8-10,14-15H2,2H3,(H,29,30,31)/t17-,19?/m1/s1. The number of aryl methyl sites for hydroxylation is 1. The molecule has 0 spiro atoms. The second-order valence-corrected chi connectivity index (χ2v) is 9.30. The van der Waals surface area contributed by atoms with Crippen LogP contribution in [0.15, 0.2) is 43.2 Å². The summed E-state index contributed by atoms with van der Waals surface area (Å²) in [6.07, 6.45) is 0.881. The fourth-order valence-corrected chi connectivity index (χ4v) is 4.96. The lowest BCUT2D eigenvalue weighted by Crippen LogP contribution is -2.43. The Morgan fingerprint density at radius 1 is 1.27 bits per heavy atom. The fraction of sp³-hybridized carbons (Fsp3) is 0.440. The minimum absolute atomic E-state index is 0.0486. The number of anilines is 3. The van der Waals surface area contributed by atoms with Crippen LogP contribution in [0.4, 0.5) is 30.8 Å². The SMILES string of the molecule is C=CC(=O)N(c1ccc2c(c1)nc(N1CCC[C@@H](Nc3ncc(C(F)(F)F)cn3)C1)n2C)C1CCOC1. The molecule has 0 saturated carbocycles. The van der Waals surface area contributed by atoms with Crippen LogP contribution >= 0.6 is 0 Å². The molecule has 3 aromatic rings. The zero-order chi connectivity index (χ0) is 26.2. The maximum atomic E-state index is 12.8. The van der Waals surface area contributed by atoms with E-state index in [9.17, 15) is 18.0 Å². The van der Waals surface area contributed by atoms with Gasteiger partial charge in [0.25, 0.3) is 5.91 Å². The van der Waals surface area contributed by atoms with Crippen LogP contribution in [-0.2, 0) is 22.8 Å². The van der Waals surface area contributed by atoms with Crippen LogP contribution in [-0.4, -0.2) is 63.8 Å². The van der Waals surface area contributed by atoms with Gasteiger partial charge in [0.1, 0.15) is 0 Å². The minimum Gasteiger partial charge on any atom is -0.379 e. The summed E-state index contributed by atoms with van der Waals surface area (Å²) in [7, 11) is 1.94. The molecule has 4 heterocycles. The third-order valence-corrected chi connectivity index (χ3v) is 6.82. The Morgan fingerprint density at radius 3 is 2.73 bits per heavy atom. The Bertz CT molecular complexity index is 1290. The first kappa shape index (κ1) is 25.0. The van der Waals surface area contributed by atoms with Crippen LogP contribution in [0.1, 0.15) is 24.8 Å². The zero-order valence-electron chi connectivity index (χ0n) is 20.4. The molecular weight excluding hydrogens is 487 g/mol. The van der Waals surface area contributed by atoms with Gasteiger partial charge in [0.15, 0.2) is 0 Å². The van der Waals surface area contributed by atoms with Crippen molar-refractivity contribution in [3.05, 3.63) is 48.8 Å². The molecule has 9 nitrogen and oxygen atoms in total. The van der Waals surface area contributed by atoms with E-state index in [1.807, 2.05) is 29.8 Å². The summed E-state index contributed by atoms with van der Waals surface area (Å²) in [5, 5.41) is 3.15. The smallest absolute Gasteiger partial charge is 0.379 e. The number of hydrogen-bond acceptors (Lipinski definition) is 7. The lowest BCUT2D eigenvalue weighted by Gasteiger charge is -2.33. The number of carbonyl (C=O) groups excluding carboxylic acids is 1.